The summed E-state index contributed by atoms with van der Waals surface area (Å²) >= 11 is 0. The molecular weight excluding hydrogens is 696 g/mol. The second kappa shape index (κ2) is 14.7. The SMILES string of the molecule is CC(C)[C@@H]1CC[C@]2(CO[C@@H]3O[C@H](CO)[C@@H](O)[C@H](O)[C@H]3O)CC[C@]3(C)[C@H](CC[C@@H]4[C@@]5(C)CC[C@H](O[C@@H]6O[C@H](CO)[C@@H](O)[C@H](O)[C@H]6O)C(C)(C)[C@@H]5CC[C@]43C)[C@@H]12. The minimum absolute atomic E-state index is 0.0770. The van der Waals surface area contributed by atoms with Crippen molar-refractivity contribution in [1.82, 2.24) is 0 Å². The van der Waals surface area contributed by atoms with Gasteiger partial charge in [0.05, 0.1) is 25.9 Å². The minimum atomic E-state index is -1.46. The molecule has 12 nitrogen and oxygen atoms in total. The van der Waals surface area contributed by atoms with Gasteiger partial charge in [0.15, 0.2) is 12.6 Å². The fraction of sp³-hybridized carbons (Fsp3) is 1.00. The normalized spacial score (nSPS) is 55.8. The zero-order chi connectivity index (χ0) is 39.3. The van der Waals surface area contributed by atoms with Crippen molar-refractivity contribution in [2.24, 2.45) is 62.6 Å². The quantitative estimate of drug-likeness (QED) is 0.168. The van der Waals surface area contributed by atoms with Crippen LogP contribution in [0.1, 0.15) is 113 Å². The molecule has 8 N–H and O–H groups in total. The van der Waals surface area contributed by atoms with Crippen LogP contribution in [0.15, 0.2) is 0 Å². The van der Waals surface area contributed by atoms with E-state index >= 15 is 0 Å². The smallest absolute Gasteiger partial charge is 0.186 e. The molecule has 2 aliphatic heterocycles. The highest BCUT2D eigenvalue weighted by molar-refractivity contribution is 5.20. The lowest BCUT2D eigenvalue weighted by Gasteiger charge is -2.73. The average Bonchev–Trinajstić information content (AvgIpc) is 3.52. The third-order valence-corrected chi connectivity index (χ3v) is 18.0. The zero-order valence-corrected chi connectivity index (χ0v) is 33.7. The van der Waals surface area contributed by atoms with Gasteiger partial charge in [-0.2, -0.15) is 0 Å². The first-order chi connectivity index (χ1) is 25.3. The molecule has 20 atom stereocenters. The van der Waals surface area contributed by atoms with E-state index in [1.807, 2.05) is 0 Å². The average molecular weight is 769 g/mol. The molecule has 5 aliphatic carbocycles. The molecule has 0 aromatic heterocycles. The Morgan fingerprint density at radius 3 is 1.83 bits per heavy atom. The summed E-state index contributed by atoms with van der Waals surface area (Å²) in [5.41, 5.74) is -0.0106. The van der Waals surface area contributed by atoms with Crippen molar-refractivity contribution in [2.45, 2.75) is 180 Å². The number of rotatable bonds is 8. The molecule has 0 aromatic rings. The first-order valence-corrected chi connectivity index (χ1v) is 21.2. The fourth-order valence-electron chi connectivity index (χ4n) is 14.8. The van der Waals surface area contributed by atoms with E-state index in [2.05, 4.69) is 48.5 Å². The number of ether oxygens (including phenoxy) is 4. The Kier molecular flexibility index (Phi) is 11.3. The van der Waals surface area contributed by atoms with E-state index in [1.165, 1.54) is 0 Å². The second-order valence-electron chi connectivity index (χ2n) is 20.7. The van der Waals surface area contributed by atoms with Crippen LogP contribution < -0.4 is 0 Å². The largest absolute Gasteiger partial charge is 0.394 e. The van der Waals surface area contributed by atoms with Crippen LogP contribution in [0, 0.1) is 62.6 Å². The fourth-order valence-corrected chi connectivity index (χ4v) is 14.8. The lowest BCUT2D eigenvalue weighted by Crippen LogP contribution is -2.67. The molecule has 0 spiro atoms. The van der Waals surface area contributed by atoms with E-state index in [9.17, 15) is 40.9 Å². The molecule has 12 heteroatoms. The van der Waals surface area contributed by atoms with Gasteiger partial charge in [-0.05, 0) is 127 Å². The molecule has 54 heavy (non-hydrogen) atoms. The summed E-state index contributed by atoms with van der Waals surface area (Å²) in [7, 11) is 0. The molecular formula is C42H72O12. The van der Waals surface area contributed by atoms with E-state index in [0.717, 1.165) is 64.2 Å². The van der Waals surface area contributed by atoms with Gasteiger partial charge in [-0.25, -0.2) is 0 Å². The van der Waals surface area contributed by atoms with Gasteiger partial charge in [0.25, 0.3) is 0 Å². The summed E-state index contributed by atoms with van der Waals surface area (Å²) in [6.45, 7) is 16.5. The molecule has 7 aliphatic rings. The molecule has 7 rings (SSSR count). The molecule has 2 heterocycles. The highest BCUT2D eigenvalue weighted by atomic mass is 16.7. The van der Waals surface area contributed by atoms with Gasteiger partial charge < -0.3 is 59.8 Å². The Labute approximate surface area is 321 Å². The van der Waals surface area contributed by atoms with Crippen molar-refractivity contribution in [2.75, 3.05) is 19.8 Å². The van der Waals surface area contributed by atoms with Crippen molar-refractivity contribution in [3.63, 3.8) is 0 Å². The number of fused-ring (bicyclic) bond motifs is 7. The maximum Gasteiger partial charge on any atom is 0.186 e. The topological polar surface area (TPSA) is 199 Å². The third kappa shape index (κ3) is 6.13. The molecule has 0 aromatic carbocycles. The predicted molar refractivity (Wildman–Crippen MR) is 197 cm³/mol. The molecule has 5 saturated carbocycles. The molecule has 0 amide bonds. The molecule has 7 fully saturated rings. The van der Waals surface area contributed by atoms with Crippen molar-refractivity contribution in [3.05, 3.63) is 0 Å². The lowest BCUT2D eigenvalue weighted by molar-refractivity contribution is -0.332. The van der Waals surface area contributed by atoms with Gasteiger partial charge in [0, 0.05) is 0 Å². The van der Waals surface area contributed by atoms with Crippen molar-refractivity contribution in [3.8, 4) is 0 Å². The zero-order valence-electron chi connectivity index (χ0n) is 33.7. The first kappa shape index (κ1) is 41.7. The molecule has 0 bridgehead atoms. The minimum Gasteiger partial charge on any atom is -0.394 e. The van der Waals surface area contributed by atoms with Gasteiger partial charge >= 0.3 is 0 Å². The first-order valence-electron chi connectivity index (χ1n) is 21.2. The van der Waals surface area contributed by atoms with E-state index in [1.54, 1.807) is 0 Å². The van der Waals surface area contributed by atoms with Gasteiger partial charge in [-0.1, -0.05) is 48.5 Å². The number of hydrogen-bond acceptors (Lipinski definition) is 12. The van der Waals surface area contributed by atoms with Crippen LogP contribution in [0.4, 0.5) is 0 Å². The van der Waals surface area contributed by atoms with E-state index in [4.69, 9.17) is 18.9 Å². The second-order valence-corrected chi connectivity index (χ2v) is 20.7. The molecule has 2 saturated heterocycles. The van der Waals surface area contributed by atoms with Gasteiger partial charge in [0.2, 0.25) is 0 Å². The monoisotopic (exact) mass is 769 g/mol. The van der Waals surface area contributed by atoms with Crippen LogP contribution in [-0.4, -0.2) is 128 Å². The van der Waals surface area contributed by atoms with E-state index in [0.29, 0.717) is 42.1 Å². The Hall–Kier alpha value is -0.480. The molecule has 0 radical (unpaired) electrons. The van der Waals surface area contributed by atoms with E-state index < -0.39 is 74.6 Å². The van der Waals surface area contributed by atoms with Gasteiger partial charge in [0.1, 0.15) is 48.8 Å². The maximum atomic E-state index is 10.8. The van der Waals surface area contributed by atoms with Gasteiger partial charge in [-0.15, -0.1) is 0 Å². The van der Waals surface area contributed by atoms with Gasteiger partial charge in [-0.3, -0.25) is 0 Å². The lowest BCUT2D eigenvalue weighted by atomic mass is 9.32. The molecule has 0 unspecified atom stereocenters. The van der Waals surface area contributed by atoms with Crippen molar-refractivity contribution >= 4 is 0 Å². The summed E-state index contributed by atoms with van der Waals surface area (Å²) in [5.74, 6) is 2.92. The summed E-state index contributed by atoms with van der Waals surface area (Å²) in [6, 6.07) is 0. The highest BCUT2D eigenvalue weighted by Crippen LogP contribution is 2.77. The number of aliphatic hydroxyl groups excluding tert-OH is 8. The Balaban J connectivity index is 1.11. The Bertz CT molecular complexity index is 1330. The van der Waals surface area contributed by atoms with Crippen LogP contribution >= 0.6 is 0 Å². The predicted octanol–water partition coefficient (Wildman–Crippen LogP) is 2.73. The van der Waals surface area contributed by atoms with E-state index in [-0.39, 0.29) is 33.2 Å². The standard InChI is InChI=1S/C42H72O12/c1-21(2)22-10-15-42(20-51-36-34(49)32(47)30(45)24(18-43)52-36)17-16-40(6)23(29(22)42)8-9-27-39(5)13-12-28(38(3,4)26(39)11-14-41(27,40)7)54-37-35(50)33(48)31(46)25(19-44)53-37/h21-37,43-50H,8-20H2,1-7H3/t22-,23+,24+,25+,26-,27+,28-,29+,30+,31+,32-,33-,34+,35+,36+,37-,39-,40+,41+,42+/m0/s1. The summed E-state index contributed by atoms with van der Waals surface area (Å²) in [4.78, 5) is 0. The maximum absolute atomic E-state index is 10.8. The Morgan fingerprint density at radius 1 is 0.611 bits per heavy atom. The van der Waals surface area contributed by atoms with Crippen molar-refractivity contribution < 1.29 is 59.8 Å². The van der Waals surface area contributed by atoms with Crippen LogP contribution in [0.3, 0.4) is 0 Å². The number of aliphatic hydroxyl groups is 8. The highest BCUT2D eigenvalue weighted by Gasteiger charge is 2.71. The Morgan fingerprint density at radius 2 is 1.22 bits per heavy atom. The summed E-state index contributed by atoms with van der Waals surface area (Å²) in [5, 5.41) is 82.9. The summed E-state index contributed by atoms with van der Waals surface area (Å²) in [6.07, 6.45) is -2.46. The molecule has 312 valence electrons. The van der Waals surface area contributed by atoms with Crippen molar-refractivity contribution in [1.29, 1.82) is 0 Å². The third-order valence-electron chi connectivity index (χ3n) is 18.0. The van der Waals surface area contributed by atoms with Crippen LogP contribution in [0.5, 0.6) is 0 Å². The van der Waals surface area contributed by atoms with Crippen LogP contribution in [0.25, 0.3) is 0 Å². The van der Waals surface area contributed by atoms with Crippen LogP contribution in [-0.2, 0) is 18.9 Å². The summed E-state index contributed by atoms with van der Waals surface area (Å²) < 4.78 is 24.6. The number of hydrogen-bond donors (Lipinski definition) is 8. The van der Waals surface area contributed by atoms with Crippen LogP contribution in [0.2, 0.25) is 0 Å².